The third-order valence-electron chi connectivity index (χ3n) is 3.65. The second kappa shape index (κ2) is 6.35. The van der Waals surface area contributed by atoms with Crippen molar-refractivity contribution >= 4 is 11.4 Å². The van der Waals surface area contributed by atoms with Crippen molar-refractivity contribution in [2.45, 2.75) is 52.4 Å². The van der Waals surface area contributed by atoms with E-state index in [0.29, 0.717) is 6.04 Å². The minimum atomic E-state index is 0.123. The predicted molar refractivity (Wildman–Crippen MR) is 83.5 cm³/mol. The van der Waals surface area contributed by atoms with Crippen molar-refractivity contribution in [2.75, 3.05) is 23.8 Å². The van der Waals surface area contributed by atoms with Crippen LogP contribution in [0, 0.1) is 0 Å². The van der Waals surface area contributed by atoms with E-state index >= 15 is 0 Å². The average Bonchev–Trinajstić information content (AvgIpc) is 2.40. The van der Waals surface area contributed by atoms with Gasteiger partial charge in [-0.1, -0.05) is 13.0 Å². The molecule has 0 saturated carbocycles. The highest BCUT2D eigenvalue weighted by Gasteiger charge is 2.27. The topological polar surface area (TPSA) is 47.7 Å². The number of anilines is 2. The molecule has 1 aliphatic heterocycles. The van der Waals surface area contributed by atoms with E-state index in [0.717, 1.165) is 36.7 Å². The first-order valence-corrected chi connectivity index (χ1v) is 7.46. The lowest BCUT2D eigenvalue weighted by molar-refractivity contribution is 0.0300. The molecular weight excluding hydrogens is 252 g/mol. The number of ether oxygens (including phenoxy) is 2. The summed E-state index contributed by atoms with van der Waals surface area (Å²) in [5, 5.41) is 0. The molecule has 0 bridgehead atoms. The van der Waals surface area contributed by atoms with Crippen LogP contribution in [0.1, 0.15) is 34.1 Å². The van der Waals surface area contributed by atoms with Gasteiger partial charge in [-0.25, -0.2) is 0 Å². The molecule has 1 fully saturated rings. The van der Waals surface area contributed by atoms with Crippen molar-refractivity contribution in [3.63, 3.8) is 0 Å². The summed E-state index contributed by atoms with van der Waals surface area (Å²) in [6, 6.07) is 6.39. The third kappa shape index (κ3) is 3.18. The van der Waals surface area contributed by atoms with Gasteiger partial charge in [0.2, 0.25) is 0 Å². The van der Waals surface area contributed by atoms with E-state index in [-0.39, 0.29) is 12.2 Å². The molecule has 2 unspecified atom stereocenters. The van der Waals surface area contributed by atoms with Crippen molar-refractivity contribution in [1.29, 1.82) is 0 Å². The number of nitrogens with zero attached hydrogens (tertiary/aromatic N) is 1. The number of nitrogen functional groups attached to an aromatic ring is 1. The number of hydrogen-bond donors (Lipinski definition) is 1. The van der Waals surface area contributed by atoms with Gasteiger partial charge in [-0.3, -0.25) is 0 Å². The largest absolute Gasteiger partial charge is 0.489 e. The molecule has 1 heterocycles. The molecule has 1 saturated heterocycles. The second-order valence-corrected chi connectivity index (χ2v) is 5.71. The third-order valence-corrected chi connectivity index (χ3v) is 3.65. The maximum atomic E-state index is 6.32. The summed E-state index contributed by atoms with van der Waals surface area (Å²) in [6.45, 7) is 9.93. The minimum Gasteiger partial charge on any atom is -0.489 e. The maximum Gasteiger partial charge on any atom is 0.144 e. The lowest BCUT2D eigenvalue weighted by Gasteiger charge is -2.40. The highest BCUT2D eigenvalue weighted by atomic mass is 16.5. The molecule has 4 nitrogen and oxygen atoms in total. The van der Waals surface area contributed by atoms with Crippen molar-refractivity contribution < 1.29 is 9.47 Å². The summed E-state index contributed by atoms with van der Waals surface area (Å²) >= 11 is 0. The molecule has 2 N–H and O–H groups in total. The van der Waals surface area contributed by atoms with Gasteiger partial charge in [0.15, 0.2) is 0 Å². The smallest absolute Gasteiger partial charge is 0.144 e. The zero-order valence-electron chi connectivity index (χ0n) is 12.9. The standard InChI is InChI=1S/C16H26N2O2/c1-5-13-10-19-12(4)9-18(13)14-7-6-8-15(16(14)17)20-11(2)3/h6-8,11-13H,5,9-10,17H2,1-4H3. The summed E-state index contributed by atoms with van der Waals surface area (Å²) in [7, 11) is 0. The Morgan fingerprint density at radius 1 is 1.45 bits per heavy atom. The fourth-order valence-electron chi connectivity index (χ4n) is 2.62. The van der Waals surface area contributed by atoms with E-state index in [4.69, 9.17) is 15.2 Å². The Kier molecular flexibility index (Phi) is 4.76. The molecule has 20 heavy (non-hydrogen) atoms. The van der Waals surface area contributed by atoms with Crippen LogP contribution in [0.3, 0.4) is 0 Å². The van der Waals surface area contributed by atoms with Gasteiger partial charge in [0, 0.05) is 6.54 Å². The number of para-hydroxylation sites is 1. The Labute approximate surface area is 121 Å². The number of rotatable bonds is 4. The summed E-state index contributed by atoms with van der Waals surface area (Å²) in [5.41, 5.74) is 8.11. The van der Waals surface area contributed by atoms with Gasteiger partial charge < -0.3 is 20.1 Å². The van der Waals surface area contributed by atoms with E-state index in [1.54, 1.807) is 0 Å². The Balaban J connectivity index is 2.30. The zero-order valence-corrected chi connectivity index (χ0v) is 12.9. The number of benzene rings is 1. The molecule has 1 aromatic carbocycles. The van der Waals surface area contributed by atoms with E-state index in [2.05, 4.69) is 24.8 Å². The van der Waals surface area contributed by atoms with Gasteiger partial charge in [0.25, 0.3) is 0 Å². The highest BCUT2D eigenvalue weighted by Crippen LogP contribution is 2.35. The molecule has 2 atom stereocenters. The average molecular weight is 278 g/mol. The van der Waals surface area contributed by atoms with Crippen LogP contribution < -0.4 is 15.4 Å². The Hall–Kier alpha value is -1.42. The summed E-state index contributed by atoms with van der Waals surface area (Å²) in [6.07, 6.45) is 1.39. The molecule has 0 spiro atoms. The summed E-state index contributed by atoms with van der Waals surface area (Å²) < 4.78 is 11.5. The first-order valence-electron chi connectivity index (χ1n) is 7.46. The Morgan fingerprint density at radius 3 is 2.85 bits per heavy atom. The van der Waals surface area contributed by atoms with Gasteiger partial charge in [-0.05, 0) is 39.3 Å². The predicted octanol–water partition coefficient (Wildman–Crippen LogP) is 3.06. The quantitative estimate of drug-likeness (QED) is 0.860. The van der Waals surface area contributed by atoms with Crippen LogP contribution in [0.25, 0.3) is 0 Å². The first kappa shape index (κ1) is 15.0. The van der Waals surface area contributed by atoms with Crippen LogP contribution in [0.4, 0.5) is 11.4 Å². The first-order chi connectivity index (χ1) is 9.52. The summed E-state index contributed by atoms with van der Waals surface area (Å²) in [4.78, 5) is 2.36. The monoisotopic (exact) mass is 278 g/mol. The fourth-order valence-corrected chi connectivity index (χ4v) is 2.62. The van der Waals surface area contributed by atoms with E-state index in [1.165, 1.54) is 0 Å². The number of nitrogens with two attached hydrogens (primary N) is 1. The van der Waals surface area contributed by atoms with Gasteiger partial charge in [0.05, 0.1) is 36.2 Å². The minimum absolute atomic E-state index is 0.123. The highest BCUT2D eigenvalue weighted by molar-refractivity contribution is 5.74. The zero-order chi connectivity index (χ0) is 14.7. The molecule has 0 radical (unpaired) electrons. The van der Waals surface area contributed by atoms with Crippen molar-refractivity contribution in [3.05, 3.63) is 18.2 Å². The SMILES string of the molecule is CCC1COC(C)CN1c1cccc(OC(C)C)c1N. The fraction of sp³-hybridized carbons (Fsp3) is 0.625. The van der Waals surface area contributed by atoms with Crippen LogP contribution in [-0.2, 0) is 4.74 Å². The summed E-state index contributed by atoms with van der Waals surface area (Å²) in [5.74, 6) is 0.770. The Morgan fingerprint density at radius 2 is 2.20 bits per heavy atom. The second-order valence-electron chi connectivity index (χ2n) is 5.71. The molecular formula is C16H26N2O2. The molecule has 2 rings (SSSR count). The lowest BCUT2D eigenvalue weighted by Crippen LogP contribution is -2.49. The van der Waals surface area contributed by atoms with Gasteiger partial charge in [0.1, 0.15) is 5.75 Å². The van der Waals surface area contributed by atoms with Crippen LogP contribution >= 0.6 is 0 Å². The van der Waals surface area contributed by atoms with Crippen LogP contribution in [0.15, 0.2) is 18.2 Å². The van der Waals surface area contributed by atoms with Crippen LogP contribution in [0.2, 0.25) is 0 Å². The van der Waals surface area contributed by atoms with E-state index < -0.39 is 0 Å². The van der Waals surface area contributed by atoms with Crippen molar-refractivity contribution in [2.24, 2.45) is 0 Å². The van der Waals surface area contributed by atoms with Crippen molar-refractivity contribution in [3.8, 4) is 5.75 Å². The molecule has 1 aliphatic rings. The van der Waals surface area contributed by atoms with Gasteiger partial charge in [-0.2, -0.15) is 0 Å². The Bertz CT molecular complexity index is 448. The maximum absolute atomic E-state index is 6.32. The molecule has 1 aromatic rings. The normalized spacial score (nSPS) is 23.1. The molecule has 4 heteroatoms. The van der Waals surface area contributed by atoms with Gasteiger partial charge in [-0.15, -0.1) is 0 Å². The van der Waals surface area contributed by atoms with Gasteiger partial charge >= 0.3 is 0 Å². The van der Waals surface area contributed by atoms with E-state index in [1.807, 2.05) is 26.0 Å². The van der Waals surface area contributed by atoms with Crippen molar-refractivity contribution in [1.82, 2.24) is 0 Å². The van der Waals surface area contributed by atoms with Crippen LogP contribution in [0.5, 0.6) is 5.75 Å². The lowest BCUT2D eigenvalue weighted by atomic mass is 10.1. The molecule has 0 aromatic heterocycles. The molecule has 0 amide bonds. The number of hydrogen-bond acceptors (Lipinski definition) is 4. The van der Waals surface area contributed by atoms with Crippen LogP contribution in [-0.4, -0.2) is 31.4 Å². The number of morpholine rings is 1. The molecule has 0 aliphatic carbocycles. The molecule has 112 valence electrons. The van der Waals surface area contributed by atoms with E-state index in [9.17, 15) is 0 Å².